The number of amides is 2. The minimum atomic E-state index is -0.930. The zero-order chi connectivity index (χ0) is 12.6. The number of hydrogen-bond donors (Lipinski definition) is 3. The zero-order valence-electron chi connectivity index (χ0n) is 8.99. The number of aliphatic hydroxyl groups excluding tert-OH is 2. The van der Waals surface area contributed by atoms with Crippen LogP contribution in [0.3, 0.4) is 0 Å². The first-order chi connectivity index (χ1) is 8.04. The highest BCUT2D eigenvalue weighted by Crippen LogP contribution is 2.26. The summed E-state index contributed by atoms with van der Waals surface area (Å²) in [4.78, 5) is 12.7. The zero-order valence-corrected chi connectivity index (χ0v) is 8.99. The average Bonchev–Trinajstić information content (AvgIpc) is 2.67. The van der Waals surface area contributed by atoms with Gasteiger partial charge in [0, 0.05) is 13.0 Å². The lowest BCUT2D eigenvalue weighted by Crippen LogP contribution is -2.49. The van der Waals surface area contributed by atoms with E-state index >= 15 is 0 Å². The van der Waals surface area contributed by atoms with Gasteiger partial charge in [0.1, 0.15) is 18.2 Å². The molecular weight excluding hydrogens is 233 g/mol. The van der Waals surface area contributed by atoms with Crippen LogP contribution in [0.1, 0.15) is 6.42 Å². The molecule has 0 unspecified atom stereocenters. The average molecular weight is 247 g/mol. The first-order valence-corrected chi connectivity index (χ1v) is 5.21. The Labute approximate surface area is 96.8 Å². The van der Waals surface area contributed by atoms with E-state index in [4.69, 9.17) is 15.6 Å². The number of carbonyl (C=O) groups excluding carboxylic acids is 1. The number of nitrogens with two attached hydrogens (primary N) is 1. The van der Waals surface area contributed by atoms with Gasteiger partial charge in [-0.25, -0.2) is 4.79 Å². The van der Waals surface area contributed by atoms with E-state index in [1.807, 2.05) is 0 Å². The van der Waals surface area contributed by atoms with Crippen LogP contribution in [-0.4, -0.2) is 57.9 Å². The molecule has 7 nitrogen and oxygen atoms in total. The van der Waals surface area contributed by atoms with Crippen LogP contribution in [0.4, 0.5) is 9.28 Å². The Bertz CT molecular complexity index is 351. The molecule has 0 saturated carbocycles. The highest BCUT2D eigenvalue weighted by Gasteiger charge is 2.41. The van der Waals surface area contributed by atoms with Crippen LogP contribution >= 0.6 is 0 Å². The summed E-state index contributed by atoms with van der Waals surface area (Å²) in [6.45, 7) is -0.238. The van der Waals surface area contributed by atoms with Crippen molar-refractivity contribution in [3.8, 4) is 0 Å². The maximum Gasteiger partial charge on any atom is 0.356 e. The third-order valence-electron chi connectivity index (χ3n) is 2.87. The molecule has 96 valence electrons. The van der Waals surface area contributed by atoms with Crippen molar-refractivity contribution < 1.29 is 24.2 Å². The summed E-state index contributed by atoms with van der Waals surface area (Å²) in [5, 5.41) is 18.3. The Balaban J connectivity index is 2.07. The van der Waals surface area contributed by atoms with Crippen LogP contribution in [0.2, 0.25) is 0 Å². The van der Waals surface area contributed by atoms with Gasteiger partial charge in [-0.2, -0.15) is 0 Å². The van der Waals surface area contributed by atoms with Gasteiger partial charge in [-0.3, -0.25) is 4.90 Å². The number of nitrogens with zero attached hydrogens (tertiary/aromatic N) is 2. The number of urea groups is 1. The van der Waals surface area contributed by atoms with Crippen LogP contribution < -0.4 is 5.73 Å². The minimum absolute atomic E-state index is 0.112. The molecule has 1 fully saturated rings. The minimum Gasteiger partial charge on any atom is -0.394 e. The van der Waals surface area contributed by atoms with Crippen molar-refractivity contribution in [3.05, 3.63) is 11.9 Å². The topological polar surface area (TPSA) is 99.3 Å². The number of ether oxygens (including phenoxy) is 1. The van der Waals surface area contributed by atoms with Crippen molar-refractivity contribution in [1.29, 1.82) is 0 Å². The maximum atomic E-state index is 13.2. The van der Waals surface area contributed by atoms with E-state index in [9.17, 15) is 14.4 Å². The molecule has 0 spiro atoms. The van der Waals surface area contributed by atoms with Crippen molar-refractivity contribution in [2.45, 2.75) is 24.9 Å². The summed E-state index contributed by atoms with van der Waals surface area (Å²) >= 11 is 0. The van der Waals surface area contributed by atoms with E-state index in [2.05, 4.69) is 0 Å². The molecule has 2 heterocycles. The molecule has 0 radical (unpaired) electrons. The highest BCUT2D eigenvalue weighted by atomic mass is 19.2. The number of halogens is 1. The van der Waals surface area contributed by atoms with Gasteiger partial charge in [0.15, 0.2) is 0 Å². The maximum absolute atomic E-state index is 13.2. The van der Waals surface area contributed by atoms with Crippen LogP contribution in [0, 0.1) is 0 Å². The molecule has 17 heavy (non-hydrogen) atoms. The summed E-state index contributed by atoms with van der Waals surface area (Å²) in [6.07, 6.45) is -0.891. The van der Waals surface area contributed by atoms with Gasteiger partial charge < -0.3 is 20.7 Å². The third kappa shape index (κ3) is 2.06. The highest BCUT2D eigenvalue weighted by molar-refractivity contribution is 5.76. The molecule has 8 heteroatoms. The largest absolute Gasteiger partial charge is 0.394 e. The molecule has 2 aliphatic heterocycles. The lowest BCUT2D eigenvalue weighted by Gasteiger charge is -2.32. The lowest BCUT2D eigenvalue weighted by atomic mass is 10.2. The Kier molecular flexibility index (Phi) is 3.18. The summed E-state index contributed by atoms with van der Waals surface area (Å²) in [7, 11) is 0. The first-order valence-electron chi connectivity index (χ1n) is 5.21. The van der Waals surface area contributed by atoms with Crippen molar-refractivity contribution >= 4 is 6.03 Å². The van der Waals surface area contributed by atoms with Crippen LogP contribution in [0.5, 0.6) is 0 Å². The van der Waals surface area contributed by atoms with Gasteiger partial charge in [-0.1, -0.05) is 4.48 Å². The molecule has 0 aromatic carbocycles. The van der Waals surface area contributed by atoms with Gasteiger partial charge in [0.2, 0.25) is 0 Å². The number of rotatable bonds is 2. The summed E-state index contributed by atoms with van der Waals surface area (Å²) in [5.41, 5.74) is 5.24. The molecule has 4 N–H and O–H groups in total. The van der Waals surface area contributed by atoms with Crippen LogP contribution in [-0.2, 0) is 4.74 Å². The Morgan fingerprint density at radius 1 is 1.65 bits per heavy atom. The molecule has 2 aliphatic rings. The second-order valence-electron chi connectivity index (χ2n) is 3.96. The Morgan fingerprint density at radius 2 is 2.35 bits per heavy atom. The normalized spacial score (nSPS) is 34.2. The van der Waals surface area contributed by atoms with Gasteiger partial charge in [0.05, 0.1) is 12.7 Å². The molecule has 0 aliphatic carbocycles. The fourth-order valence-corrected chi connectivity index (χ4v) is 1.89. The third-order valence-corrected chi connectivity index (χ3v) is 2.87. The van der Waals surface area contributed by atoms with E-state index in [0.717, 1.165) is 4.90 Å². The van der Waals surface area contributed by atoms with Gasteiger partial charge >= 0.3 is 6.03 Å². The van der Waals surface area contributed by atoms with Crippen molar-refractivity contribution in [2.24, 2.45) is 5.73 Å². The van der Waals surface area contributed by atoms with Gasteiger partial charge in [0.25, 0.3) is 0 Å². The summed E-state index contributed by atoms with van der Waals surface area (Å²) in [6, 6.07) is -0.930. The fraction of sp³-hybridized carbons (Fsp3) is 0.667. The second-order valence-corrected chi connectivity index (χ2v) is 3.96. The van der Waals surface area contributed by atoms with Crippen LogP contribution in [0.15, 0.2) is 11.9 Å². The predicted octanol–water partition coefficient (Wildman–Crippen LogP) is -1.12. The molecule has 2 rings (SSSR count). The fourth-order valence-electron chi connectivity index (χ4n) is 1.89. The Morgan fingerprint density at radius 3 is 2.94 bits per heavy atom. The summed E-state index contributed by atoms with van der Waals surface area (Å²) in [5.74, 6) is -0.261. The van der Waals surface area contributed by atoms with Crippen molar-refractivity contribution in [2.75, 3.05) is 13.2 Å². The molecule has 0 aromatic heterocycles. The SMILES string of the molecule is NC1=CCN([C@H]2C[C@H](O)[C@@H](CO)O2)C(=O)N1F. The molecule has 1 saturated heterocycles. The molecular formula is C9H14FN3O4. The standard InChI is InChI=1S/C9H14FN3O4/c10-13-7(11)1-2-12(9(13)16)8-3-5(15)6(4-14)17-8/h1,5-6,8,14-15H,2-4,11H2/t5-,6+,8+/m0/s1. The van der Waals surface area contributed by atoms with Gasteiger partial charge in [-0.05, 0) is 6.08 Å². The Hall–Kier alpha value is -1.38. The van der Waals surface area contributed by atoms with E-state index in [1.54, 1.807) is 0 Å². The number of carbonyl (C=O) groups is 1. The van der Waals surface area contributed by atoms with E-state index < -0.39 is 24.5 Å². The quantitative estimate of drug-likeness (QED) is 0.537. The monoisotopic (exact) mass is 247 g/mol. The lowest BCUT2D eigenvalue weighted by molar-refractivity contribution is -0.0732. The summed E-state index contributed by atoms with van der Waals surface area (Å²) < 4.78 is 18.5. The van der Waals surface area contributed by atoms with Gasteiger partial charge in [-0.15, -0.1) is 5.12 Å². The molecule has 3 atom stereocenters. The number of aliphatic hydroxyl groups is 2. The van der Waals surface area contributed by atoms with Crippen molar-refractivity contribution in [1.82, 2.24) is 10.0 Å². The smallest absolute Gasteiger partial charge is 0.356 e. The molecule has 0 aromatic rings. The molecule has 0 bridgehead atoms. The van der Waals surface area contributed by atoms with E-state index in [0.29, 0.717) is 0 Å². The predicted molar refractivity (Wildman–Crippen MR) is 53.7 cm³/mol. The molecule has 2 amide bonds. The first kappa shape index (κ1) is 12.1. The number of hydrogen-bond acceptors (Lipinski definition) is 5. The van der Waals surface area contributed by atoms with Crippen LogP contribution in [0.25, 0.3) is 0 Å². The van der Waals surface area contributed by atoms with Crippen molar-refractivity contribution in [3.63, 3.8) is 0 Å². The van der Waals surface area contributed by atoms with E-state index in [-0.39, 0.29) is 30.5 Å². The van der Waals surface area contributed by atoms with E-state index in [1.165, 1.54) is 6.08 Å². The second kappa shape index (κ2) is 4.47.